The summed E-state index contributed by atoms with van der Waals surface area (Å²) in [5.41, 5.74) is 0. The van der Waals surface area contributed by atoms with Crippen molar-refractivity contribution in [3.8, 4) is 11.8 Å². The Morgan fingerprint density at radius 1 is 1.37 bits per heavy atom. The van der Waals surface area contributed by atoms with Crippen LogP contribution in [0.2, 0.25) is 5.02 Å². The number of halogens is 3. The first-order chi connectivity index (χ1) is 8.77. The zero-order chi connectivity index (χ0) is 14.2. The van der Waals surface area contributed by atoms with Gasteiger partial charge in [-0.05, 0) is 33.3 Å². The van der Waals surface area contributed by atoms with E-state index in [1.807, 2.05) is 0 Å². The van der Waals surface area contributed by atoms with E-state index in [1.165, 1.54) is 12.1 Å². The molecule has 0 amide bonds. The molecule has 0 saturated heterocycles. The monoisotopic (exact) mass is 335 g/mol. The van der Waals surface area contributed by atoms with E-state index in [2.05, 4.69) is 26.0 Å². The molecular weight excluding hydrogens is 333 g/mol. The van der Waals surface area contributed by atoms with Crippen molar-refractivity contribution in [3.63, 3.8) is 0 Å². The van der Waals surface area contributed by atoms with E-state index < -0.39 is 11.1 Å². The van der Waals surface area contributed by atoms with Crippen LogP contribution in [0.25, 0.3) is 0 Å². The fourth-order valence-corrected chi connectivity index (χ4v) is 1.72. The number of nitrogens with zero attached hydrogens (tertiary/aromatic N) is 3. The molecule has 0 fully saturated rings. The van der Waals surface area contributed by atoms with E-state index in [9.17, 15) is 4.39 Å². The molecule has 0 unspecified atom stereocenters. The van der Waals surface area contributed by atoms with Gasteiger partial charge >= 0.3 is 6.01 Å². The van der Waals surface area contributed by atoms with Gasteiger partial charge in [0.05, 0.1) is 28.6 Å². The topological polar surface area (TPSA) is 39.9 Å². The third-order valence-electron chi connectivity index (χ3n) is 2.02. The third kappa shape index (κ3) is 3.33. The maximum Gasteiger partial charge on any atom is 0.319 e. The Labute approximate surface area is 126 Å². The molecule has 0 spiro atoms. The van der Waals surface area contributed by atoms with Crippen LogP contribution in [0, 0.1) is 5.82 Å². The lowest BCUT2D eigenvalue weighted by Crippen LogP contribution is -2.36. The number of aromatic nitrogens is 3. The molecule has 2 aromatic rings. The predicted octanol–water partition coefficient (Wildman–Crippen LogP) is 1.70. The van der Waals surface area contributed by atoms with Gasteiger partial charge in [0.25, 0.3) is 0 Å². The van der Waals surface area contributed by atoms with Crippen LogP contribution < -0.4 is 4.74 Å². The number of rotatable bonds is 3. The van der Waals surface area contributed by atoms with Gasteiger partial charge in [-0.25, -0.2) is 9.07 Å². The second-order valence-corrected chi connectivity index (χ2v) is 4.76. The molecule has 0 aliphatic rings. The maximum absolute atomic E-state index is 13.0. The molecule has 90 valence electrons. The minimum atomic E-state index is -1.79. The lowest BCUT2D eigenvalue weighted by Gasteiger charge is -2.21. The molecule has 0 aliphatic carbocycles. The lowest BCUT2D eigenvalue weighted by atomic mass is 9.49. The van der Waals surface area contributed by atoms with Crippen LogP contribution in [0.5, 0.6) is 11.8 Å². The molecule has 1 heterocycles. The normalized spacial score (nSPS) is 11.5. The van der Waals surface area contributed by atoms with Crippen molar-refractivity contribution in [1.29, 1.82) is 0 Å². The summed E-state index contributed by atoms with van der Waals surface area (Å²) in [6, 6.07) is 3.71. The lowest BCUT2D eigenvalue weighted by molar-refractivity contribution is 0.401. The standard InChI is InChI=1S/C9H3B3BrClFN3O/c10-9(11,12)18-8(16-7(13)17-18)19-4-1-2-6(15)5(14)3-4/h1-3H. The van der Waals surface area contributed by atoms with Crippen LogP contribution in [0.3, 0.4) is 0 Å². The highest BCUT2D eigenvalue weighted by atomic mass is 79.9. The molecule has 0 bridgehead atoms. The van der Waals surface area contributed by atoms with Crippen molar-refractivity contribution < 1.29 is 9.13 Å². The van der Waals surface area contributed by atoms with E-state index in [-0.39, 0.29) is 21.5 Å². The van der Waals surface area contributed by atoms with Gasteiger partial charge in [0.1, 0.15) is 11.6 Å². The zero-order valence-corrected chi connectivity index (χ0v) is 11.7. The Morgan fingerprint density at radius 2 is 2.05 bits per heavy atom. The first-order valence-corrected chi connectivity index (χ1v) is 6.07. The van der Waals surface area contributed by atoms with Gasteiger partial charge in [0.2, 0.25) is 4.73 Å². The fraction of sp³-hybridized carbons (Fsp3) is 0.111. The summed E-state index contributed by atoms with van der Waals surface area (Å²) in [5.74, 6) is -0.334. The van der Waals surface area contributed by atoms with Crippen molar-refractivity contribution in [2.24, 2.45) is 0 Å². The Balaban J connectivity index is 2.35. The molecule has 6 radical (unpaired) electrons. The Kier molecular flexibility index (Phi) is 3.96. The van der Waals surface area contributed by atoms with Gasteiger partial charge < -0.3 is 4.74 Å². The largest absolute Gasteiger partial charge is 0.424 e. The van der Waals surface area contributed by atoms with E-state index >= 15 is 0 Å². The summed E-state index contributed by atoms with van der Waals surface area (Å²) < 4.78 is 19.5. The van der Waals surface area contributed by atoms with Crippen molar-refractivity contribution >= 4 is 51.1 Å². The van der Waals surface area contributed by atoms with Gasteiger partial charge in [-0.1, -0.05) is 11.6 Å². The number of ether oxygens (including phenoxy) is 1. The average molecular weight is 336 g/mol. The first kappa shape index (κ1) is 14.5. The molecule has 1 aromatic heterocycles. The highest BCUT2D eigenvalue weighted by molar-refractivity contribution is 9.10. The summed E-state index contributed by atoms with van der Waals surface area (Å²) >= 11 is 8.67. The maximum atomic E-state index is 13.0. The minimum Gasteiger partial charge on any atom is -0.424 e. The SMILES string of the molecule is [B]C([B])([B])n1nc(Br)nc1Oc1ccc(F)c(Cl)c1. The predicted molar refractivity (Wildman–Crippen MR) is 74.4 cm³/mol. The molecule has 2 rings (SSSR count). The highest BCUT2D eigenvalue weighted by Crippen LogP contribution is 2.27. The van der Waals surface area contributed by atoms with Crippen LogP contribution in [-0.2, 0) is 5.24 Å². The Hall–Kier alpha value is -0.945. The molecule has 0 atom stereocenters. The van der Waals surface area contributed by atoms with Crippen molar-refractivity contribution in [1.82, 2.24) is 14.8 Å². The highest BCUT2D eigenvalue weighted by Gasteiger charge is 2.21. The summed E-state index contributed by atoms with van der Waals surface area (Å²) in [4.78, 5) is 3.89. The van der Waals surface area contributed by atoms with Crippen LogP contribution in [0.15, 0.2) is 22.9 Å². The molecule has 0 aliphatic heterocycles. The van der Waals surface area contributed by atoms with Crippen molar-refractivity contribution in [2.75, 3.05) is 0 Å². The van der Waals surface area contributed by atoms with Gasteiger partial charge in [0.15, 0.2) is 0 Å². The van der Waals surface area contributed by atoms with Gasteiger partial charge in [-0.15, -0.1) is 5.10 Å². The molecule has 0 saturated carbocycles. The summed E-state index contributed by atoms with van der Waals surface area (Å²) in [7, 11) is 16.5. The summed E-state index contributed by atoms with van der Waals surface area (Å²) in [5, 5.41) is 1.94. The van der Waals surface area contributed by atoms with E-state index in [1.54, 1.807) is 0 Å². The molecule has 1 aromatic carbocycles. The van der Waals surface area contributed by atoms with Gasteiger partial charge in [-0.3, -0.25) is 0 Å². The number of benzene rings is 1. The zero-order valence-electron chi connectivity index (χ0n) is 9.35. The molecular formula is C9H3B3BrClFN3O. The summed E-state index contributed by atoms with van der Waals surface area (Å²) in [6.07, 6.45) is 0. The second-order valence-electron chi connectivity index (χ2n) is 3.64. The minimum absolute atomic E-state index is 0.0675. The first-order valence-electron chi connectivity index (χ1n) is 4.90. The van der Waals surface area contributed by atoms with Crippen molar-refractivity contribution in [2.45, 2.75) is 5.24 Å². The van der Waals surface area contributed by atoms with Crippen LogP contribution in [0.1, 0.15) is 0 Å². The smallest absolute Gasteiger partial charge is 0.319 e. The van der Waals surface area contributed by atoms with E-state index in [0.29, 0.717) is 0 Å². The number of hydrogen-bond acceptors (Lipinski definition) is 3. The molecule has 4 nitrogen and oxygen atoms in total. The fourth-order valence-electron chi connectivity index (χ4n) is 1.24. The Morgan fingerprint density at radius 3 is 2.63 bits per heavy atom. The molecule has 0 N–H and O–H groups in total. The van der Waals surface area contributed by atoms with Gasteiger partial charge in [0, 0.05) is 6.07 Å². The molecule has 10 heteroatoms. The van der Waals surface area contributed by atoms with Gasteiger partial charge in [-0.2, -0.15) is 4.98 Å². The van der Waals surface area contributed by atoms with Crippen LogP contribution in [-0.4, -0.2) is 38.3 Å². The van der Waals surface area contributed by atoms with E-state index in [0.717, 1.165) is 10.7 Å². The van der Waals surface area contributed by atoms with Crippen LogP contribution >= 0.6 is 27.5 Å². The quantitative estimate of drug-likeness (QED) is 0.801. The number of hydrogen-bond donors (Lipinski definition) is 0. The average Bonchev–Trinajstić information content (AvgIpc) is 2.65. The second kappa shape index (κ2) is 5.21. The van der Waals surface area contributed by atoms with Crippen molar-refractivity contribution in [3.05, 3.63) is 33.8 Å². The van der Waals surface area contributed by atoms with E-state index in [4.69, 9.17) is 39.9 Å². The summed E-state index contributed by atoms with van der Waals surface area (Å²) in [6.45, 7) is 0. The third-order valence-corrected chi connectivity index (χ3v) is 2.64. The Bertz CT molecular complexity index is 619. The molecule has 19 heavy (non-hydrogen) atoms. The van der Waals surface area contributed by atoms with Crippen LogP contribution in [0.4, 0.5) is 4.39 Å².